The molecule has 0 aromatic heterocycles. The van der Waals surface area contributed by atoms with Crippen molar-refractivity contribution in [1.82, 2.24) is 0 Å². The Bertz CT molecular complexity index is 694. The van der Waals surface area contributed by atoms with Gasteiger partial charge in [-0.15, -0.1) is 0 Å². The molecule has 0 heterocycles. The van der Waals surface area contributed by atoms with Crippen LogP contribution in [0.25, 0.3) is 0 Å². The molecule has 0 spiro atoms. The molecule has 0 fully saturated rings. The van der Waals surface area contributed by atoms with Crippen molar-refractivity contribution in [3.63, 3.8) is 0 Å². The van der Waals surface area contributed by atoms with E-state index in [1.54, 1.807) is 24.3 Å². The van der Waals surface area contributed by atoms with E-state index in [0.29, 0.717) is 5.69 Å². The normalized spacial score (nSPS) is 11.3. The molecule has 0 saturated carbocycles. The fourth-order valence-electron chi connectivity index (χ4n) is 2.13. The minimum absolute atomic E-state index is 0.258. The lowest BCUT2D eigenvalue weighted by atomic mass is 10.1. The fraction of sp³-hybridized carbons (Fsp3) is 0.250. The van der Waals surface area contributed by atoms with Crippen LogP contribution in [0.3, 0.4) is 0 Å². The van der Waals surface area contributed by atoms with Crippen LogP contribution >= 0.6 is 0 Å². The van der Waals surface area contributed by atoms with Crippen molar-refractivity contribution in [2.24, 2.45) is 5.73 Å². The van der Waals surface area contributed by atoms with Gasteiger partial charge in [-0.2, -0.15) is 0 Å². The largest absolute Gasteiger partial charge is 0.326 e. The molecule has 0 amide bonds. The maximum Gasteiger partial charge on any atom is 0.261 e. The van der Waals surface area contributed by atoms with E-state index in [1.165, 1.54) is 0 Å². The van der Waals surface area contributed by atoms with Crippen LogP contribution in [0, 0.1) is 0 Å². The summed E-state index contributed by atoms with van der Waals surface area (Å²) in [5, 5.41) is 0. The Morgan fingerprint density at radius 2 is 1.71 bits per heavy atom. The van der Waals surface area contributed by atoms with Gasteiger partial charge in [-0.1, -0.05) is 43.7 Å². The Labute approximate surface area is 126 Å². The van der Waals surface area contributed by atoms with Crippen LogP contribution in [0.4, 0.5) is 5.69 Å². The van der Waals surface area contributed by atoms with Crippen molar-refractivity contribution in [1.29, 1.82) is 0 Å². The number of nitrogens with one attached hydrogen (secondary N) is 1. The second-order valence-corrected chi connectivity index (χ2v) is 6.54. The van der Waals surface area contributed by atoms with Crippen LogP contribution in [0.15, 0.2) is 53.4 Å². The van der Waals surface area contributed by atoms with E-state index < -0.39 is 10.0 Å². The number of rotatable bonds is 6. The second-order valence-electron chi connectivity index (χ2n) is 4.86. The number of anilines is 1. The Morgan fingerprint density at radius 1 is 1.05 bits per heavy atom. The molecule has 5 heteroatoms. The molecule has 0 radical (unpaired) electrons. The smallest absolute Gasteiger partial charge is 0.261 e. The minimum atomic E-state index is -3.58. The van der Waals surface area contributed by atoms with E-state index in [1.807, 2.05) is 24.3 Å². The topological polar surface area (TPSA) is 72.2 Å². The van der Waals surface area contributed by atoms with E-state index in [4.69, 9.17) is 5.73 Å². The van der Waals surface area contributed by atoms with Gasteiger partial charge in [0.1, 0.15) is 0 Å². The Morgan fingerprint density at radius 3 is 2.33 bits per heavy atom. The van der Waals surface area contributed by atoms with Crippen LogP contribution < -0.4 is 10.5 Å². The first-order valence-electron chi connectivity index (χ1n) is 6.96. The number of para-hydroxylation sites is 1. The quantitative estimate of drug-likeness (QED) is 0.862. The van der Waals surface area contributed by atoms with Crippen LogP contribution in [0.1, 0.15) is 24.5 Å². The molecule has 0 aliphatic rings. The molecule has 21 heavy (non-hydrogen) atoms. The Kier molecular flexibility index (Phi) is 4.98. The lowest BCUT2D eigenvalue weighted by Crippen LogP contribution is -2.15. The molecule has 112 valence electrons. The van der Waals surface area contributed by atoms with Gasteiger partial charge in [-0.3, -0.25) is 4.72 Å². The van der Waals surface area contributed by atoms with Crippen molar-refractivity contribution in [2.75, 3.05) is 4.72 Å². The predicted octanol–water partition coefficient (Wildman–Crippen LogP) is 2.90. The first-order valence-corrected chi connectivity index (χ1v) is 8.45. The monoisotopic (exact) mass is 304 g/mol. The zero-order chi connectivity index (χ0) is 15.3. The molecule has 2 rings (SSSR count). The van der Waals surface area contributed by atoms with E-state index in [0.717, 1.165) is 24.0 Å². The lowest BCUT2D eigenvalue weighted by molar-refractivity contribution is 0.601. The zero-order valence-electron chi connectivity index (χ0n) is 12.0. The van der Waals surface area contributed by atoms with Gasteiger partial charge in [0.2, 0.25) is 0 Å². The van der Waals surface area contributed by atoms with Gasteiger partial charge >= 0.3 is 0 Å². The highest BCUT2D eigenvalue weighted by molar-refractivity contribution is 7.92. The molecule has 0 aliphatic carbocycles. The maximum atomic E-state index is 12.4. The van der Waals surface area contributed by atoms with Gasteiger partial charge in [-0.25, -0.2) is 8.42 Å². The highest BCUT2D eigenvalue weighted by Gasteiger charge is 2.15. The minimum Gasteiger partial charge on any atom is -0.326 e. The van der Waals surface area contributed by atoms with E-state index in [9.17, 15) is 8.42 Å². The Balaban J connectivity index is 2.25. The van der Waals surface area contributed by atoms with E-state index in [2.05, 4.69) is 11.6 Å². The summed E-state index contributed by atoms with van der Waals surface area (Å²) >= 11 is 0. The summed E-state index contributed by atoms with van der Waals surface area (Å²) < 4.78 is 27.4. The first-order chi connectivity index (χ1) is 10.1. The van der Waals surface area contributed by atoms with E-state index in [-0.39, 0.29) is 11.4 Å². The summed E-state index contributed by atoms with van der Waals surface area (Å²) in [6.45, 7) is 2.38. The van der Waals surface area contributed by atoms with Crippen LogP contribution in [0.2, 0.25) is 0 Å². The molecule has 2 aromatic carbocycles. The number of sulfonamides is 1. The average molecular weight is 304 g/mol. The van der Waals surface area contributed by atoms with E-state index >= 15 is 0 Å². The fourth-order valence-corrected chi connectivity index (χ4v) is 3.23. The number of aryl methyl sites for hydroxylation is 1. The summed E-state index contributed by atoms with van der Waals surface area (Å²) in [5.41, 5.74) is 8.06. The third-order valence-electron chi connectivity index (χ3n) is 3.25. The molecule has 3 N–H and O–H groups in total. The molecule has 0 unspecified atom stereocenters. The van der Waals surface area contributed by atoms with Gasteiger partial charge in [0.15, 0.2) is 0 Å². The van der Waals surface area contributed by atoms with Gasteiger partial charge in [0.05, 0.1) is 10.6 Å². The first kappa shape index (κ1) is 15.5. The zero-order valence-corrected chi connectivity index (χ0v) is 12.9. The number of benzene rings is 2. The van der Waals surface area contributed by atoms with Gasteiger partial charge in [-0.05, 0) is 35.7 Å². The SMILES string of the molecule is CCCc1ccc(S(=O)(=O)Nc2ccccc2CN)cc1. The van der Waals surface area contributed by atoms with Gasteiger partial charge < -0.3 is 5.73 Å². The molecular weight excluding hydrogens is 284 g/mol. The number of hydrogen-bond acceptors (Lipinski definition) is 3. The number of hydrogen-bond donors (Lipinski definition) is 2. The highest BCUT2D eigenvalue weighted by atomic mass is 32.2. The predicted molar refractivity (Wildman–Crippen MR) is 85.6 cm³/mol. The standard InChI is InChI=1S/C16H20N2O2S/c1-2-5-13-8-10-15(11-9-13)21(19,20)18-16-7-4-3-6-14(16)12-17/h3-4,6-11,18H,2,5,12,17H2,1H3. The third kappa shape index (κ3) is 3.83. The molecule has 0 atom stereocenters. The van der Waals surface area contributed by atoms with Crippen LogP contribution in [0.5, 0.6) is 0 Å². The van der Waals surface area contributed by atoms with Gasteiger partial charge in [0, 0.05) is 6.54 Å². The van der Waals surface area contributed by atoms with Crippen LogP contribution in [-0.2, 0) is 23.0 Å². The number of nitrogens with two attached hydrogens (primary N) is 1. The molecular formula is C16H20N2O2S. The lowest BCUT2D eigenvalue weighted by Gasteiger charge is -2.12. The molecule has 0 aliphatic heterocycles. The summed E-state index contributed by atoms with van der Waals surface area (Å²) in [6, 6.07) is 14.1. The summed E-state index contributed by atoms with van der Waals surface area (Å²) in [5.74, 6) is 0. The highest BCUT2D eigenvalue weighted by Crippen LogP contribution is 2.20. The van der Waals surface area contributed by atoms with Crippen molar-refractivity contribution in [3.8, 4) is 0 Å². The maximum absolute atomic E-state index is 12.4. The average Bonchev–Trinajstić information content (AvgIpc) is 2.48. The molecule has 2 aromatic rings. The molecule has 0 bridgehead atoms. The van der Waals surface area contributed by atoms with Crippen molar-refractivity contribution in [3.05, 3.63) is 59.7 Å². The van der Waals surface area contributed by atoms with Crippen molar-refractivity contribution < 1.29 is 8.42 Å². The Hall–Kier alpha value is -1.85. The third-order valence-corrected chi connectivity index (χ3v) is 4.64. The summed E-state index contributed by atoms with van der Waals surface area (Å²) in [7, 11) is -3.58. The summed E-state index contributed by atoms with van der Waals surface area (Å²) in [4.78, 5) is 0.258. The molecule has 0 saturated heterocycles. The van der Waals surface area contributed by atoms with Crippen LogP contribution in [-0.4, -0.2) is 8.42 Å². The molecule has 4 nitrogen and oxygen atoms in total. The van der Waals surface area contributed by atoms with Crippen molar-refractivity contribution >= 4 is 15.7 Å². The second kappa shape index (κ2) is 6.74. The van der Waals surface area contributed by atoms with Crippen molar-refractivity contribution in [2.45, 2.75) is 31.2 Å². The summed E-state index contributed by atoms with van der Waals surface area (Å²) in [6.07, 6.45) is 1.98. The van der Waals surface area contributed by atoms with Gasteiger partial charge in [0.25, 0.3) is 10.0 Å².